The molecule has 1 aromatic carbocycles. The molecule has 1 saturated heterocycles. The van der Waals surface area contributed by atoms with Crippen LogP contribution in [0, 0.1) is 25.5 Å². The minimum atomic E-state index is -0.715. The van der Waals surface area contributed by atoms with E-state index in [1.807, 2.05) is 13.8 Å². The van der Waals surface area contributed by atoms with Gasteiger partial charge >= 0.3 is 0 Å². The predicted molar refractivity (Wildman–Crippen MR) is 132 cm³/mol. The van der Waals surface area contributed by atoms with E-state index in [0.717, 1.165) is 17.8 Å². The van der Waals surface area contributed by atoms with Gasteiger partial charge in [-0.05, 0) is 51.0 Å². The van der Waals surface area contributed by atoms with Gasteiger partial charge in [0, 0.05) is 30.8 Å². The van der Waals surface area contributed by atoms with Crippen LogP contribution in [0.15, 0.2) is 40.9 Å². The van der Waals surface area contributed by atoms with Crippen molar-refractivity contribution < 1.29 is 18.0 Å². The Hall–Kier alpha value is -3.79. The summed E-state index contributed by atoms with van der Waals surface area (Å²) in [5.74, 6) is -0.585. The highest BCUT2D eigenvalue weighted by Gasteiger charge is 2.30. The molecule has 0 bridgehead atoms. The molecular formula is C26H23ClF2N6O2. The molecule has 190 valence electrons. The maximum atomic E-state index is 14.0. The third-order valence-corrected chi connectivity index (χ3v) is 6.66. The van der Waals surface area contributed by atoms with Gasteiger partial charge in [-0.1, -0.05) is 17.7 Å². The van der Waals surface area contributed by atoms with Crippen LogP contribution in [0.1, 0.15) is 41.5 Å². The first-order valence-electron chi connectivity index (χ1n) is 11.8. The fourth-order valence-corrected chi connectivity index (χ4v) is 4.71. The molecule has 11 heteroatoms. The molecule has 4 heterocycles. The Balaban J connectivity index is 1.35. The Morgan fingerprint density at radius 3 is 2.43 bits per heavy atom. The van der Waals surface area contributed by atoms with Gasteiger partial charge < -0.3 is 9.32 Å². The molecule has 1 aliphatic heterocycles. The molecular weight excluding hydrogens is 502 g/mol. The first-order valence-corrected chi connectivity index (χ1v) is 12.2. The van der Waals surface area contributed by atoms with Crippen molar-refractivity contribution in [3.05, 3.63) is 76.0 Å². The van der Waals surface area contributed by atoms with Gasteiger partial charge in [-0.3, -0.25) is 4.79 Å². The van der Waals surface area contributed by atoms with Gasteiger partial charge in [-0.25, -0.2) is 23.7 Å². The lowest BCUT2D eigenvalue weighted by Crippen LogP contribution is -2.39. The highest BCUT2D eigenvalue weighted by molar-refractivity contribution is 6.30. The lowest BCUT2D eigenvalue weighted by atomic mass is 9.89. The van der Waals surface area contributed by atoms with Crippen molar-refractivity contribution in [3.8, 4) is 23.0 Å². The molecule has 0 saturated carbocycles. The molecule has 4 aromatic rings. The van der Waals surface area contributed by atoms with Crippen molar-refractivity contribution in [1.82, 2.24) is 30.0 Å². The second-order valence-electron chi connectivity index (χ2n) is 8.92. The molecule has 0 unspecified atom stereocenters. The maximum Gasteiger partial charge on any atom is 0.266 e. The fourth-order valence-electron chi connectivity index (χ4n) is 4.60. The van der Waals surface area contributed by atoms with Gasteiger partial charge in [0.25, 0.3) is 11.8 Å². The summed E-state index contributed by atoms with van der Waals surface area (Å²) >= 11 is 5.92. The van der Waals surface area contributed by atoms with Gasteiger partial charge in [0.2, 0.25) is 5.91 Å². The third kappa shape index (κ3) is 5.20. The first kappa shape index (κ1) is 24.9. The van der Waals surface area contributed by atoms with Crippen LogP contribution in [0.3, 0.4) is 0 Å². The number of rotatable bonds is 5. The normalized spacial score (nSPS) is 14.2. The Morgan fingerprint density at radius 1 is 1.05 bits per heavy atom. The summed E-state index contributed by atoms with van der Waals surface area (Å²) in [6, 6.07) is 6.98. The SMILES string of the molecule is Cc1nc(C)c(-c2nnc(-c3ccc(Cl)cn3)o2)c(C2CCN(C(=O)Cc3c(F)cccc3F)CC2)n1. The minimum absolute atomic E-state index is 0.00801. The van der Waals surface area contributed by atoms with Crippen molar-refractivity contribution in [2.75, 3.05) is 13.1 Å². The number of nitrogens with zero attached hydrogens (tertiary/aromatic N) is 6. The van der Waals surface area contributed by atoms with E-state index in [0.29, 0.717) is 53.7 Å². The second-order valence-corrected chi connectivity index (χ2v) is 9.36. The summed E-state index contributed by atoms with van der Waals surface area (Å²) in [7, 11) is 0. The number of carbonyl (C=O) groups is 1. The summed E-state index contributed by atoms with van der Waals surface area (Å²) in [5.41, 5.74) is 2.43. The zero-order valence-corrected chi connectivity index (χ0v) is 21.0. The number of hydrogen-bond donors (Lipinski definition) is 0. The number of halogens is 3. The molecule has 1 fully saturated rings. The topological polar surface area (TPSA) is 97.9 Å². The van der Waals surface area contributed by atoms with Gasteiger partial charge in [-0.2, -0.15) is 0 Å². The van der Waals surface area contributed by atoms with Crippen LogP contribution in [0.4, 0.5) is 8.78 Å². The van der Waals surface area contributed by atoms with Crippen molar-refractivity contribution in [3.63, 3.8) is 0 Å². The van der Waals surface area contributed by atoms with Crippen LogP contribution >= 0.6 is 11.6 Å². The maximum absolute atomic E-state index is 14.0. The van der Waals surface area contributed by atoms with Crippen LogP contribution in [-0.2, 0) is 11.2 Å². The lowest BCUT2D eigenvalue weighted by molar-refractivity contribution is -0.131. The summed E-state index contributed by atoms with van der Waals surface area (Å²) in [5, 5.41) is 8.87. The monoisotopic (exact) mass is 524 g/mol. The zero-order valence-electron chi connectivity index (χ0n) is 20.2. The third-order valence-electron chi connectivity index (χ3n) is 6.44. The van der Waals surface area contributed by atoms with E-state index < -0.39 is 11.6 Å². The van der Waals surface area contributed by atoms with Gasteiger partial charge in [-0.15, -0.1) is 10.2 Å². The van der Waals surface area contributed by atoms with Crippen molar-refractivity contribution in [2.45, 2.75) is 39.0 Å². The minimum Gasteiger partial charge on any atom is -0.414 e. The summed E-state index contributed by atoms with van der Waals surface area (Å²) in [6.07, 6.45) is 2.42. The number of aryl methyl sites for hydroxylation is 2. The van der Waals surface area contributed by atoms with Crippen LogP contribution in [-0.4, -0.2) is 49.0 Å². The number of aromatic nitrogens is 5. The summed E-state index contributed by atoms with van der Waals surface area (Å²) in [6.45, 7) is 4.55. The van der Waals surface area contributed by atoms with E-state index in [-0.39, 0.29) is 35.6 Å². The van der Waals surface area contributed by atoms with Crippen molar-refractivity contribution in [2.24, 2.45) is 0 Å². The molecule has 0 aliphatic carbocycles. The molecule has 5 rings (SSSR count). The van der Waals surface area contributed by atoms with Crippen molar-refractivity contribution >= 4 is 17.5 Å². The highest BCUT2D eigenvalue weighted by atomic mass is 35.5. The Kier molecular flexibility index (Phi) is 6.92. The molecule has 0 radical (unpaired) electrons. The van der Waals surface area contributed by atoms with Gasteiger partial charge in [0.1, 0.15) is 23.2 Å². The van der Waals surface area contributed by atoms with Crippen LogP contribution < -0.4 is 0 Å². The number of amides is 1. The smallest absolute Gasteiger partial charge is 0.266 e. The quantitative estimate of drug-likeness (QED) is 0.359. The van der Waals surface area contributed by atoms with E-state index in [2.05, 4.69) is 20.2 Å². The van der Waals surface area contributed by atoms with E-state index in [1.54, 1.807) is 17.0 Å². The van der Waals surface area contributed by atoms with E-state index >= 15 is 0 Å². The summed E-state index contributed by atoms with van der Waals surface area (Å²) in [4.78, 5) is 27.9. The predicted octanol–water partition coefficient (Wildman–Crippen LogP) is 5.09. The molecule has 0 N–H and O–H groups in total. The number of pyridine rings is 1. The molecule has 1 amide bonds. The molecule has 0 atom stereocenters. The van der Waals surface area contributed by atoms with Crippen molar-refractivity contribution in [1.29, 1.82) is 0 Å². The number of carbonyl (C=O) groups excluding carboxylic acids is 1. The molecule has 1 aliphatic rings. The average Bonchev–Trinajstić information content (AvgIpc) is 3.36. The number of benzene rings is 1. The van der Waals surface area contributed by atoms with Crippen LogP contribution in [0.5, 0.6) is 0 Å². The van der Waals surface area contributed by atoms with E-state index in [9.17, 15) is 13.6 Å². The summed E-state index contributed by atoms with van der Waals surface area (Å²) < 4.78 is 34.0. The van der Waals surface area contributed by atoms with Crippen LogP contribution in [0.2, 0.25) is 5.02 Å². The van der Waals surface area contributed by atoms with Gasteiger partial charge in [0.15, 0.2) is 0 Å². The van der Waals surface area contributed by atoms with E-state index in [4.69, 9.17) is 21.0 Å². The van der Waals surface area contributed by atoms with Crippen LogP contribution in [0.25, 0.3) is 23.0 Å². The van der Waals surface area contributed by atoms with E-state index in [1.165, 1.54) is 12.3 Å². The molecule has 3 aromatic heterocycles. The Morgan fingerprint density at radius 2 is 1.76 bits per heavy atom. The lowest BCUT2D eigenvalue weighted by Gasteiger charge is -2.32. The fraction of sp³-hybridized carbons (Fsp3) is 0.308. The Labute approximate surface area is 216 Å². The zero-order chi connectivity index (χ0) is 26.1. The first-order chi connectivity index (χ1) is 17.8. The number of hydrogen-bond acceptors (Lipinski definition) is 7. The Bertz CT molecular complexity index is 1430. The average molecular weight is 525 g/mol. The van der Waals surface area contributed by atoms with Gasteiger partial charge in [0.05, 0.1) is 28.4 Å². The molecule has 0 spiro atoms. The highest BCUT2D eigenvalue weighted by Crippen LogP contribution is 2.36. The molecule has 37 heavy (non-hydrogen) atoms. The number of likely N-dealkylation sites (tertiary alicyclic amines) is 1. The second kappa shape index (κ2) is 10.3. The largest absolute Gasteiger partial charge is 0.414 e. The standard InChI is InChI=1S/C26H23ClF2N6O2/c1-14-23(26-34-33-25(37-26)21-7-6-17(27)13-30-21)24(32-15(2)31-14)16-8-10-35(11-9-16)22(36)12-18-19(28)4-3-5-20(18)29/h3-7,13,16H,8-12H2,1-2H3. The molecule has 8 nitrogen and oxygen atoms in total. The number of piperidine rings is 1.